The maximum absolute atomic E-state index is 10.1. The van der Waals surface area contributed by atoms with Crippen LogP contribution in [0.15, 0.2) is 0 Å². The minimum atomic E-state index is -1.54. The van der Waals surface area contributed by atoms with Crippen molar-refractivity contribution in [3.05, 3.63) is 0 Å². The molecule has 7 nitrogen and oxygen atoms in total. The maximum atomic E-state index is 10.1. The molecule has 0 heterocycles. The molecule has 0 aromatic carbocycles. The number of hydrogen-bond donors (Lipinski definition) is 1. The van der Waals surface area contributed by atoms with E-state index in [4.69, 9.17) is 5.11 Å². The zero-order valence-electron chi connectivity index (χ0n) is 6.93. The second-order valence-corrected chi connectivity index (χ2v) is 2.28. The smallest absolute Gasteiger partial charge is 0.549 e. The monoisotopic (exact) mass is 244 g/mol. The van der Waals surface area contributed by atoms with E-state index in [9.17, 15) is 24.6 Å². The third-order valence-electron chi connectivity index (χ3n) is 1.06. The molecule has 0 saturated carbocycles. The molecular weight excluding hydrogens is 237 g/mol. The van der Waals surface area contributed by atoms with E-state index >= 15 is 0 Å². The largest absolute Gasteiger partial charge is 2.00 e. The summed E-state index contributed by atoms with van der Waals surface area (Å²) in [6.45, 7) is -2.18. The molecule has 0 aliphatic heterocycles. The molecule has 0 saturated heterocycles. The first kappa shape index (κ1) is 15.4. The number of carbonyl (C=O) groups is 3. The van der Waals surface area contributed by atoms with Gasteiger partial charge < -0.3 is 24.9 Å². The molecule has 0 aromatic heterocycles. The molecule has 14 heavy (non-hydrogen) atoms. The van der Waals surface area contributed by atoms with Crippen LogP contribution in [-0.2, 0) is 31.5 Å². The molecule has 79 valence electrons. The predicted molar refractivity (Wildman–Crippen MR) is 34.1 cm³/mol. The Morgan fingerprint density at radius 2 is 1.36 bits per heavy atom. The van der Waals surface area contributed by atoms with E-state index in [1.807, 2.05) is 0 Å². The quantitative estimate of drug-likeness (QED) is 0.471. The van der Waals surface area contributed by atoms with Crippen LogP contribution in [-0.4, -0.2) is 47.5 Å². The summed E-state index contributed by atoms with van der Waals surface area (Å²) >= 11 is 0. The number of carboxylic acids is 3. The van der Waals surface area contributed by atoms with Crippen molar-refractivity contribution in [2.45, 2.75) is 0 Å². The Kier molecular flexibility index (Phi) is 8.02. The molecule has 8 heteroatoms. The van der Waals surface area contributed by atoms with Crippen LogP contribution in [0.25, 0.3) is 0 Å². The predicted octanol–water partition coefficient (Wildman–Crippen LogP) is -4.13. The van der Waals surface area contributed by atoms with Crippen LogP contribution in [0.5, 0.6) is 0 Å². The SMILES string of the molecule is O=C([O-])CN(CC(=O)[O-])CC(=O)O.[Mn+2]. The Bertz CT molecular complexity index is 192. The van der Waals surface area contributed by atoms with Gasteiger partial charge in [-0.1, -0.05) is 0 Å². The third-order valence-corrected chi connectivity index (χ3v) is 1.06. The van der Waals surface area contributed by atoms with Crippen molar-refractivity contribution in [1.29, 1.82) is 0 Å². The van der Waals surface area contributed by atoms with Gasteiger partial charge in [0.15, 0.2) is 0 Å². The number of nitrogens with zero attached hydrogens (tertiary/aromatic N) is 1. The summed E-state index contributed by atoms with van der Waals surface area (Å²) in [6.07, 6.45) is 0. The molecule has 1 radical (unpaired) electrons. The fourth-order valence-corrected chi connectivity index (χ4v) is 0.724. The standard InChI is InChI=1S/C6H9NO6.Mn/c8-4(9)1-7(2-5(10)11)3-6(12)13;/h1-3H2,(H,8,9)(H,10,11)(H,12,13);/q;+2/p-2. The molecule has 0 fully saturated rings. The van der Waals surface area contributed by atoms with Gasteiger partial charge in [-0.15, -0.1) is 0 Å². The van der Waals surface area contributed by atoms with Crippen molar-refractivity contribution < 1.29 is 46.8 Å². The van der Waals surface area contributed by atoms with Crippen LogP contribution in [0.4, 0.5) is 0 Å². The third kappa shape index (κ3) is 8.98. The molecular formula is C6H7MnNO6. The van der Waals surface area contributed by atoms with Crippen LogP contribution in [0, 0.1) is 0 Å². The summed E-state index contributed by atoms with van der Waals surface area (Å²) < 4.78 is 0. The zero-order valence-corrected chi connectivity index (χ0v) is 8.12. The van der Waals surface area contributed by atoms with Gasteiger partial charge in [-0.25, -0.2) is 0 Å². The Balaban J connectivity index is 0. The first-order valence-electron chi connectivity index (χ1n) is 3.25. The van der Waals surface area contributed by atoms with Crippen LogP contribution in [0.2, 0.25) is 0 Å². The first-order valence-corrected chi connectivity index (χ1v) is 3.25. The van der Waals surface area contributed by atoms with Crippen molar-refractivity contribution in [2.75, 3.05) is 19.6 Å². The van der Waals surface area contributed by atoms with Crippen molar-refractivity contribution >= 4 is 17.9 Å². The summed E-state index contributed by atoms with van der Waals surface area (Å²) in [7, 11) is 0. The van der Waals surface area contributed by atoms with E-state index in [1.165, 1.54) is 0 Å². The first-order chi connectivity index (χ1) is 5.91. The van der Waals surface area contributed by atoms with Gasteiger partial charge in [-0.05, 0) is 0 Å². The minimum Gasteiger partial charge on any atom is -0.549 e. The molecule has 0 spiro atoms. The average molecular weight is 244 g/mol. The summed E-state index contributed by atoms with van der Waals surface area (Å²) in [5.74, 6) is -4.40. The molecule has 0 aliphatic rings. The second kappa shape index (κ2) is 7.31. The average Bonchev–Trinajstić information content (AvgIpc) is 1.80. The molecule has 0 aromatic rings. The summed E-state index contributed by atoms with van der Waals surface area (Å²) in [6, 6.07) is 0. The van der Waals surface area contributed by atoms with Gasteiger partial charge in [0.05, 0.1) is 18.5 Å². The van der Waals surface area contributed by atoms with E-state index in [0.717, 1.165) is 0 Å². The van der Waals surface area contributed by atoms with Crippen LogP contribution < -0.4 is 10.2 Å². The molecule has 1 N–H and O–H groups in total. The van der Waals surface area contributed by atoms with E-state index in [0.29, 0.717) is 4.90 Å². The van der Waals surface area contributed by atoms with E-state index < -0.39 is 37.5 Å². The Morgan fingerprint density at radius 1 is 1.00 bits per heavy atom. The summed E-state index contributed by atoms with van der Waals surface area (Å²) in [5.41, 5.74) is 0. The molecule has 0 aliphatic carbocycles. The maximum Gasteiger partial charge on any atom is 2.00 e. The van der Waals surface area contributed by atoms with E-state index in [-0.39, 0.29) is 17.1 Å². The Hall–Kier alpha value is -1.11. The normalized spacial score (nSPS) is 9.21. The molecule has 0 amide bonds. The van der Waals surface area contributed by atoms with Crippen molar-refractivity contribution in [2.24, 2.45) is 0 Å². The van der Waals surface area contributed by atoms with Crippen molar-refractivity contribution in [1.82, 2.24) is 4.90 Å². The van der Waals surface area contributed by atoms with E-state index in [1.54, 1.807) is 0 Å². The fraction of sp³-hybridized carbons (Fsp3) is 0.500. The van der Waals surface area contributed by atoms with Crippen LogP contribution in [0.3, 0.4) is 0 Å². The molecule has 0 rings (SSSR count). The van der Waals surface area contributed by atoms with E-state index in [2.05, 4.69) is 0 Å². The van der Waals surface area contributed by atoms with Crippen LogP contribution >= 0.6 is 0 Å². The van der Waals surface area contributed by atoms with Gasteiger partial charge >= 0.3 is 23.0 Å². The number of carbonyl (C=O) groups excluding carboxylic acids is 2. The number of rotatable bonds is 6. The van der Waals surface area contributed by atoms with Gasteiger partial charge in [-0.2, -0.15) is 0 Å². The van der Waals surface area contributed by atoms with Crippen LogP contribution in [0.1, 0.15) is 0 Å². The Morgan fingerprint density at radius 3 is 1.57 bits per heavy atom. The summed E-state index contributed by atoms with van der Waals surface area (Å²) in [5, 5.41) is 28.3. The van der Waals surface area contributed by atoms with Gasteiger partial charge in [0.25, 0.3) is 0 Å². The zero-order chi connectivity index (χ0) is 10.4. The van der Waals surface area contributed by atoms with Gasteiger partial charge in [-0.3, -0.25) is 9.69 Å². The van der Waals surface area contributed by atoms with Gasteiger partial charge in [0, 0.05) is 13.1 Å². The minimum absolute atomic E-state index is 0. The molecule has 0 atom stereocenters. The second-order valence-electron chi connectivity index (χ2n) is 2.28. The Labute approximate surface area is 89.8 Å². The number of aliphatic carboxylic acids is 3. The van der Waals surface area contributed by atoms with Gasteiger partial charge in [0.1, 0.15) is 0 Å². The summed E-state index contributed by atoms with van der Waals surface area (Å²) in [4.78, 5) is 30.8. The van der Waals surface area contributed by atoms with Gasteiger partial charge in [0.2, 0.25) is 0 Å². The van der Waals surface area contributed by atoms with Crippen molar-refractivity contribution in [3.8, 4) is 0 Å². The topological polar surface area (TPSA) is 121 Å². The number of carboxylic acid groups (broad SMARTS) is 3. The number of hydrogen-bond acceptors (Lipinski definition) is 6. The fourth-order valence-electron chi connectivity index (χ4n) is 0.724. The van der Waals surface area contributed by atoms with Crippen molar-refractivity contribution in [3.63, 3.8) is 0 Å². The molecule has 0 unspecified atom stereocenters. The molecule has 0 bridgehead atoms.